The van der Waals surface area contributed by atoms with E-state index in [9.17, 15) is 60.7 Å². The van der Waals surface area contributed by atoms with Crippen LogP contribution < -0.4 is 10.6 Å². The van der Waals surface area contributed by atoms with Crippen LogP contribution in [0.4, 0.5) is 0 Å². The van der Waals surface area contributed by atoms with E-state index in [-0.39, 0.29) is 65.7 Å². The Balaban J connectivity index is 5.71. The number of nitrogens with zero attached hydrogens (tertiary/aromatic N) is 2. The normalized spacial score (nSPS) is 17.6. The number of hydrogen-bond donors (Lipinski definition) is 14. The maximum atomic E-state index is 12.7. The van der Waals surface area contributed by atoms with Crippen LogP contribution in [0.1, 0.15) is 12.8 Å². The molecule has 14 N–H and O–H groups in total. The topological polar surface area (TPSA) is 363 Å². The van der Waals surface area contributed by atoms with Gasteiger partial charge in [0.1, 0.15) is 36.6 Å². The molecule has 0 bridgehead atoms. The van der Waals surface area contributed by atoms with Crippen LogP contribution in [0.25, 0.3) is 0 Å². The molecule has 0 rings (SSSR count). The number of amides is 2. The monoisotopic (exact) mass is 1170 g/mol. The van der Waals surface area contributed by atoms with Crippen molar-refractivity contribution in [2.45, 2.75) is 178 Å². The molecule has 2 unspecified atom stereocenters. The van der Waals surface area contributed by atoms with Gasteiger partial charge >= 0.3 is 17.1 Å². The Hall–Kier alpha value is -0.559. The highest BCUT2D eigenvalue weighted by atomic mass is 28.5. The lowest BCUT2D eigenvalue weighted by molar-refractivity contribution is -0.149. The lowest BCUT2D eigenvalue weighted by Gasteiger charge is -2.39. The summed E-state index contributed by atoms with van der Waals surface area (Å²) in [5.74, 6) is -2.01. The van der Waals surface area contributed by atoms with Crippen LogP contribution in [-0.2, 0) is 35.5 Å². The Bertz CT molecular complexity index is 1410. The van der Waals surface area contributed by atoms with Crippen molar-refractivity contribution in [3.05, 3.63) is 0 Å². The quantitative estimate of drug-likeness (QED) is 0.0227. The zero-order valence-electron chi connectivity index (χ0n) is 47.0. The summed E-state index contributed by atoms with van der Waals surface area (Å²) in [4.78, 5) is 29.1. The largest absolute Gasteiger partial charge is 0.437 e. The molecular formula is C44H102N4O20Si6. The van der Waals surface area contributed by atoms with Crippen molar-refractivity contribution in [1.82, 2.24) is 20.4 Å². The van der Waals surface area contributed by atoms with Crippen LogP contribution in [0.15, 0.2) is 0 Å². The fourth-order valence-electron chi connectivity index (χ4n) is 8.17. The smallest absolute Gasteiger partial charge is 0.314 e. The minimum Gasteiger partial charge on any atom is -0.437 e. The van der Waals surface area contributed by atoms with E-state index in [4.69, 9.17) is 36.1 Å². The van der Waals surface area contributed by atoms with Gasteiger partial charge in [0.25, 0.3) is 11.8 Å². The van der Waals surface area contributed by atoms with Gasteiger partial charge in [0.05, 0.1) is 51.8 Å². The molecule has 0 spiro atoms. The number of hydrogen-bond acceptors (Lipinski definition) is 22. The summed E-state index contributed by atoms with van der Waals surface area (Å²) in [6.45, 7) is 29.4. The zero-order chi connectivity index (χ0) is 57.5. The standard InChI is InChI=1S/C44H102N4O20Si6/c1-69(2,3)65-73(13,66-70(4,5)6)25-15-19-47(21-17-45-43(61)41(59)39(57)37(55)35(53)29-49)27-33(51)31-63-23-24-64-32-34(52)28-48(20-16-26-74(14,67-71(7,8)9)68-72(10,11)12)22-18-46-44(62)42(60)40(58)38(56)36(54)30-50/h33-42,49-60H,15-32H2,1-14H3,(H,45,61)(H,46,62)/t33?,34?,35-,36-,37-,38-,39+,40+,41-,42-/m1/s1. The maximum Gasteiger partial charge on any atom is 0.314 e. The fraction of sp³-hybridized carbons (Fsp3) is 0.955. The third kappa shape index (κ3) is 33.8. The highest BCUT2D eigenvalue weighted by Gasteiger charge is 2.42. The molecule has 0 heterocycles. The highest BCUT2D eigenvalue weighted by Crippen LogP contribution is 2.27. The molecule has 0 aromatic carbocycles. The molecule has 0 aliphatic rings. The average Bonchev–Trinajstić information content (AvgIpc) is 3.24. The summed E-state index contributed by atoms with van der Waals surface area (Å²) in [5.41, 5.74) is 0. The second-order valence-corrected chi connectivity index (χ2v) is 49.0. The average molecular weight is 1180 g/mol. The SMILES string of the molecule is C[Si](C)(C)O[Si](C)(CCCN(CCNC(=O)[C@H](O)[C@@H](O)[C@H](O)[C@H](O)CO)CC(O)COCCOCC(O)CN(CCC[Si](C)(O[Si](C)(C)C)O[Si](C)(C)C)CCNC(=O)[C@H](O)[C@@H](O)[C@H](O)[C@H](O)CO)O[Si](C)(C)C. The number of aliphatic hydroxyl groups excluding tert-OH is 12. The summed E-state index contributed by atoms with van der Waals surface area (Å²) in [7, 11) is -13.1. The Morgan fingerprint density at radius 3 is 0.986 bits per heavy atom. The number of ether oxygens (including phenoxy) is 2. The van der Waals surface area contributed by atoms with Crippen LogP contribution in [-0.4, -0.2) is 286 Å². The second kappa shape index (κ2) is 34.6. The molecule has 0 aliphatic carbocycles. The van der Waals surface area contributed by atoms with Crippen molar-refractivity contribution < 1.29 is 96.8 Å². The number of aliphatic hydroxyl groups is 12. The van der Waals surface area contributed by atoms with Gasteiger partial charge in [-0.1, -0.05) is 0 Å². The highest BCUT2D eigenvalue weighted by molar-refractivity contribution is 6.88. The fourth-order valence-corrected chi connectivity index (χ4v) is 33.2. The van der Waals surface area contributed by atoms with Crippen molar-refractivity contribution in [1.29, 1.82) is 0 Å². The van der Waals surface area contributed by atoms with Gasteiger partial charge in [-0.25, -0.2) is 0 Å². The zero-order valence-corrected chi connectivity index (χ0v) is 53.0. The van der Waals surface area contributed by atoms with Gasteiger partial charge in [-0.05, 0) is 130 Å². The molecule has 30 heteroatoms. The van der Waals surface area contributed by atoms with Crippen molar-refractivity contribution in [3.63, 3.8) is 0 Å². The van der Waals surface area contributed by atoms with E-state index in [2.05, 4.69) is 102 Å². The molecule has 0 aromatic heterocycles. The van der Waals surface area contributed by atoms with Crippen LogP contribution in [0.2, 0.25) is 104 Å². The Labute approximate surface area is 447 Å². The maximum absolute atomic E-state index is 12.7. The summed E-state index contributed by atoms with van der Waals surface area (Å²) in [6, 6.07) is 1.35. The van der Waals surface area contributed by atoms with Gasteiger partial charge in [-0.15, -0.1) is 0 Å². The molecule has 0 saturated carbocycles. The molecule has 0 aromatic rings. The molecule has 0 aliphatic heterocycles. The summed E-state index contributed by atoms with van der Waals surface area (Å²) in [6.07, 6.45) is -16.5. The molecular weight excluding hydrogens is 1070 g/mol. The predicted molar refractivity (Wildman–Crippen MR) is 295 cm³/mol. The molecule has 24 nitrogen and oxygen atoms in total. The van der Waals surface area contributed by atoms with E-state index in [0.717, 1.165) is 0 Å². The van der Waals surface area contributed by atoms with Gasteiger partial charge < -0.3 is 97.8 Å². The summed E-state index contributed by atoms with van der Waals surface area (Å²) >= 11 is 0. The Morgan fingerprint density at radius 2 is 0.730 bits per heavy atom. The first-order valence-electron chi connectivity index (χ1n) is 25.7. The number of nitrogens with one attached hydrogen (secondary N) is 2. The lowest BCUT2D eigenvalue weighted by atomic mass is 10.0. The molecule has 74 heavy (non-hydrogen) atoms. The molecule has 10 atom stereocenters. The third-order valence-corrected chi connectivity index (χ3v) is 30.0. The van der Waals surface area contributed by atoms with Crippen molar-refractivity contribution in [2.24, 2.45) is 0 Å². The van der Waals surface area contributed by atoms with Crippen LogP contribution in [0.3, 0.4) is 0 Å². The van der Waals surface area contributed by atoms with E-state index in [0.29, 0.717) is 38.0 Å². The van der Waals surface area contributed by atoms with Gasteiger partial charge in [-0.2, -0.15) is 0 Å². The van der Waals surface area contributed by atoms with Crippen molar-refractivity contribution in [2.75, 3.05) is 92.0 Å². The minimum absolute atomic E-state index is 0.0140. The number of carbonyl (C=O) groups is 2. The number of rotatable bonds is 43. The van der Waals surface area contributed by atoms with E-state index >= 15 is 0 Å². The van der Waals surface area contributed by atoms with Gasteiger partial charge in [0.15, 0.2) is 45.5 Å². The van der Waals surface area contributed by atoms with Crippen LogP contribution in [0.5, 0.6) is 0 Å². The van der Waals surface area contributed by atoms with Crippen molar-refractivity contribution >= 4 is 62.2 Å². The predicted octanol–water partition coefficient (Wildman–Crippen LogP) is -2.22. The second-order valence-electron chi connectivity index (χ2n) is 23.3. The molecule has 0 fully saturated rings. The molecule has 0 radical (unpaired) electrons. The van der Waals surface area contributed by atoms with Crippen molar-refractivity contribution in [3.8, 4) is 0 Å². The van der Waals surface area contributed by atoms with E-state index in [1.54, 1.807) is 0 Å². The Kier molecular flexibility index (Phi) is 34.3. The first kappa shape index (κ1) is 73.4. The lowest BCUT2D eigenvalue weighted by Crippen LogP contribution is -2.53. The molecule has 2 amide bonds. The third-order valence-electron chi connectivity index (χ3n) is 10.7. The molecule has 442 valence electrons. The first-order chi connectivity index (χ1) is 33.8. The minimum atomic E-state index is -2.60. The summed E-state index contributed by atoms with van der Waals surface area (Å²) < 4.78 is 38.1. The van der Waals surface area contributed by atoms with Crippen LogP contribution in [0, 0.1) is 0 Å². The van der Waals surface area contributed by atoms with Gasteiger partial charge in [-0.3, -0.25) is 19.4 Å². The molecule has 0 saturated heterocycles. The first-order valence-corrected chi connectivity index (χ1v) is 44.4. The van der Waals surface area contributed by atoms with Gasteiger partial charge in [0, 0.05) is 39.3 Å². The van der Waals surface area contributed by atoms with E-state index < -0.39 is 136 Å². The van der Waals surface area contributed by atoms with Crippen LogP contribution >= 0.6 is 0 Å². The summed E-state index contributed by atoms with van der Waals surface area (Å²) in [5, 5.41) is 125. The Morgan fingerprint density at radius 1 is 0.446 bits per heavy atom. The van der Waals surface area contributed by atoms with E-state index in [1.807, 2.05) is 9.80 Å². The number of carbonyl (C=O) groups excluding carboxylic acids is 2. The van der Waals surface area contributed by atoms with Gasteiger partial charge in [0.2, 0.25) is 0 Å². The van der Waals surface area contributed by atoms with E-state index in [1.165, 1.54) is 0 Å².